The maximum Gasteiger partial charge on any atom is 0.253 e. The number of imidazole rings is 1. The van der Waals surface area contributed by atoms with Gasteiger partial charge in [0, 0.05) is 59.8 Å². The van der Waals surface area contributed by atoms with E-state index in [1.165, 1.54) is 0 Å². The molecular weight excluding hydrogens is 424 g/mol. The van der Waals surface area contributed by atoms with Gasteiger partial charge in [-0.25, -0.2) is 4.98 Å². The van der Waals surface area contributed by atoms with E-state index in [0.717, 1.165) is 58.3 Å². The van der Waals surface area contributed by atoms with Crippen molar-refractivity contribution >= 4 is 22.3 Å². The molecule has 5 aromatic rings. The highest BCUT2D eigenvalue weighted by atomic mass is 16.2. The van der Waals surface area contributed by atoms with Gasteiger partial charge in [0.15, 0.2) is 5.65 Å². The molecule has 0 aliphatic carbocycles. The zero-order valence-electron chi connectivity index (χ0n) is 18.6. The molecule has 0 saturated carbocycles. The molecule has 0 unspecified atom stereocenters. The third kappa shape index (κ3) is 3.70. The maximum atomic E-state index is 12.9. The van der Waals surface area contributed by atoms with Crippen LogP contribution in [0, 0.1) is 0 Å². The Bertz CT molecular complexity index is 1510. The highest BCUT2D eigenvalue weighted by Crippen LogP contribution is 2.27. The predicted molar refractivity (Wildman–Crippen MR) is 132 cm³/mol. The first-order valence-electron chi connectivity index (χ1n) is 11.5. The Balaban J connectivity index is 1.32. The van der Waals surface area contributed by atoms with Crippen molar-refractivity contribution < 1.29 is 4.79 Å². The van der Waals surface area contributed by atoms with E-state index in [2.05, 4.69) is 37.6 Å². The largest absolute Gasteiger partial charge is 0.337 e. The lowest BCUT2D eigenvalue weighted by molar-refractivity contribution is 0.0709. The molecule has 3 aromatic heterocycles. The summed E-state index contributed by atoms with van der Waals surface area (Å²) in [6.45, 7) is 1.38. The van der Waals surface area contributed by atoms with Crippen molar-refractivity contribution in [1.82, 2.24) is 24.3 Å². The molecule has 0 radical (unpaired) electrons. The van der Waals surface area contributed by atoms with Gasteiger partial charge in [0.2, 0.25) is 0 Å². The Morgan fingerprint density at radius 2 is 1.79 bits per heavy atom. The van der Waals surface area contributed by atoms with E-state index < -0.39 is 0 Å². The van der Waals surface area contributed by atoms with Crippen molar-refractivity contribution in [1.29, 1.82) is 0 Å². The molecule has 1 atom stereocenters. The first kappa shape index (κ1) is 20.5. The summed E-state index contributed by atoms with van der Waals surface area (Å²) in [6, 6.07) is 16.0. The second kappa shape index (κ2) is 8.35. The first-order valence-corrected chi connectivity index (χ1v) is 11.5. The molecule has 168 valence electrons. The van der Waals surface area contributed by atoms with Crippen LogP contribution >= 0.6 is 0 Å². The van der Waals surface area contributed by atoms with Gasteiger partial charge in [-0.3, -0.25) is 19.2 Å². The van der Waals surface area contributed by atoms with Gasteiger partial charge in [-0.15, -0.1) is 0 Å². The van der Waals surface area contributed by atoms with E-state index in [1.807, 2.05) is 53.8 Å². The lowest BCUT2D eigenvalue weighted by Gasteiger charge is -2.30. The Kier molecular flexibility index (Phi) is 5.04. The second-order valence-corrected chi connectivity index (χ2v) is 8.81. The normalized spacial score (nSPS) is 16.3. The van der Waals surface area contributed by atoms with Gasteiger partial charge in [-0.05, 0) is 42.5 Å². The molecule has 7 heteroatoms. The predicted octanol–water partition coefficient (Wildman–Crippen LogP) is 4.17. The summed E-state index contributed by atoms with van der Waals surface area (Å²) in [6.07, 6.45) is 11.2. The summed E-state index contributed by atoms with van der Waals surface area (Å²) in [7, 11) is 0. The van der Waals surface area contributed by atoms with Crippen molar-refractivity contribution in [2.75, 3.05) is 13.1 Å². The fourth-order valence-corrected chi connectivity index (χ4v) is 4.66. The highest BCUT2D eigenvalue weighted by molar-refractivity contribution is 5.94. The average molecular weight is 449 g/mol. The quantitative estimate of drug-likeness (QED) is 0.447. The number of hydrogen-bond acceptors (Lipinski definition) is 5. The van der Waals surface area contributed by atoms with Crippen molar-refractivity contribution in [3.63, 3.8) is 0 Å². The number of pyridine rings is 1. The van der Waals surface area contributed by atoms with Gasteiger partial charge >= 0.3 is 0 Å². The summed E-state index contributed by atoms with van der Waals surface area (Å²) in [5.41, 5.74) is 11.3. The van der Waals surface area contributed by atoms with Crippen LogP contribution < -0.4 is 5.73 Å². The van der Waals surface area contributed by atoms with Crippen molar-refractivity contribution in [3.8, 4) is 22.5 Å². The van der Waals surface area contributed by atoms with Crippen LogP contribution in [0.3, 0.4) is 0 Å². The highest BCUT2D eigenvalue weighted by Gasteiger charge is 2.22. The average Bonchev–Trinajstić information content (AvgIpc) is 3.31. The third-order valence-corrected chi connectivity index (χ3v) is 6.50. The van der Waals surface area contributed by atoms with Crippen LogP contribution in [0.15, 0.2) is 79.5 Å². The van der Waals surface area contributed by atoms with Crippen LogP contribution in [0.25, 0.3) is 38.9 Å². The number of carbonyl (C=O) groups is 1. The lowest BCUT2D eigenvalue weighted by Crippen LogP contribution is -2.45. The number of hydrogen-bond donors (Lipinski definition) is 1. The van der Waals surface area contributed by atoms with E-state index in [1.54, 1.807) is 12.4 Å². The first-order chi connectivity index (χ1) is 16.7. The number of aromatic nitrogens is 4. The summed E-state index contributed by atoms with van der Waals surface area (Å²) in [5, 5.41) is 2.23. The maximum absolute atomic E-state index is 12.9. The molecule has 2 aromatic carbocycles. The Morgan fingerprint density at radius 1 is 0.941 bits per heavy atom. The lowest BCUT2D eigenvalue weighted by atomic mass is 10.0. The molecule has 6 rings (SSSR count). The van der Waals surface area contributed by atoms with Gasteiger partial charge in [0.1, 0.15) is 0 Å². The number of nitrogens with zero attached hydrogens (tertiary/aromatic N) is 5. The monoisotopic (exact) mass is 448 g/mol. The zero-order chi connectivity index (χ0) is 23.1. The number of fused-ring (bicyclic) bond motifs is 2. The summed E-state index contributed by atoms with van der Waals surface area (Å²) in [5.74, 6) is 0.0357. The topological polar surface area (TPSA) is 89.4 Å². The Labute approximate surface area is 196 Å². The Hall–Kier alpha value is -4.10. The number of nitrogens with two attached hydrogens (primary N) is 1. The van der Waals surface area contributed by atoms with E-state index in [9.17, 15) is 4.79 Å². The van der Waals surface area contributed by atoms with Crippen LogP contribution in [0.4, 0.5) is 0 Å². The molecule has 1 fully saturated rings. The molecule has 34 heavy (non-hydrogen) atoms. The van der Waals surface area contributed by atoms with Gasteiger partial charge in [-0.2, -0.15) is 0 Å². The van der Waals surface area contributed by atoms with Crippen molar-refractivity contribution in [2.45, 2.75) is 18.9 Å². The van der Waals surface area contributed by atoms with Gasteiger partial charge < -0.3 is 10.6 Å². The van der Waals surface area contributed by atoms with E-state index in [-0.39, 0.29) is 11.9 Å². The number of benzene rings is 2. The SMILES string of the molecule is N[C@H]1CCCN(C(=O)c2ccc(-c3cn4c(-c5ccc6cnccc6c5)cnc4cn3)cc2)C1. The van der Waals surface area contributed by atoms with Crippen molar-refractivity contribution in [2.24, 2.45) is 5.73 Å². The van der Waals surface area contributed by atoms with Crippen LogP contribution in [0.2, 0.25) is 0 Å². The molecule has 7 nitrogen and oxygen atoms in total. The fraction of sp³-hybridized carbons (Fsp3) is 0.185. The minimum absolute atomic E-state index is 0.0357. The number of carbonyl (C=O) groups excluding carboxylic acids is 1. The number of rotatable bonds is 3. The standard InChI is InChI=1S/C27H24N6O/c28-23-2-1-11-32(16-23)27(34)19-5-3-18(4-6-19)24-17-33-25(14-31-26(33)15-30-24)21-7-8-22-13-29-10-9-20(22)12-21/h3-10,12-15,17,23H,1-2,11,16,28H2/t23-/m0/s1. The molecule has 1 saturated heterocycles. The van der Waals surface area contributed by atoms with Crippen LogP contribution in [-0.4, -0.2) is 49.3 Å². The second-order valence-electron chi connectivity index (χ2n) is 8.81. The van der Waals surface area contributed by atoms with E-state index in [4.69, 9.17) is 5.73 Å². The smallest absolute Gasteiger partial charge is 0.253 e. The summed E-state index contributed by atoms with van der Waals surface area (Å²) >= 11 is 0. The minimum Gasteiger partial charge on any atom is -0.337 e. The molecule has 2 N–H and O–H groups in total. The molecular formula is C27H24N6O. The molecule has 1 amide bonds. The van der Waals surface area contributed by atoms with Crippen LogP contribution in [0.5, 0.6) is 0 Å². The van der Waals surface area contributed by atoms with E-state index >= 15 is 0 Å². The third-order valence-electron chi connectivity index (χ3n) is 6.50. The number of piperidine rings is 1. The summed E-state index contributed by atoms with van der Waals surface area (Å²) < 4.78 is 2.05. The molecule has 0 spiro atoms. The van der Waals surface area contributed by atoms with Crippen LogP contribution in [0.1, 0.15) is 23.2 Å². The van der Waals surface area contributed by atoms with Gasteiger partial charge in [0.05, 0.1) is 23.8 Å². The minimum atomic E-state index is 0.0357. The Morgan fingerprint density at radius 3 is 2.65 bits per heavy atom. The molecule has 1 aliphatic rings. The number of amides is 1. The van der Waals surface area contributed by atoms with Crippen LogP contribution in [-0.2, 0) is 0 Å². The zero-order valence-corrected chi connectivity index (χ0v) is 18.6. The van der Waals surface area contributed by atoms with Gasteiger partial charge in [-0.1, -0.05) is 24.3 Å². The van der Waals surface area contributed by atoms with Gasteiger partial charge in [0.25, 0.3) is 5.91 Å². The summed E-state index contributed by atoms with van der Waals surface area (Å²) in [4.78, 5) is 28.0. The van der Waals surface area contributed by atoms with E-state index in [0.29, 0.717) is 12.1 Å². The molecule has 4 heterocycles. The number of likely N-dealkylation sites (tertiary alicyclic amines) is 1. The molecule has 1 aliphatic heterocycles. The molecule has 0 bridgehead atoms. The van der Waals surface area contributed by atoms with Crippen molar-refractivity contribution in [3.05, 3.63) is 85.1 Å². The fourth-order valence-electron chi connectivity index (χ4n) is 4.66.